The highest BCUT2D eigenvalue weighted by molar-refractivity contribution is 6.00. The zero-order valence-corrected chi connectivity index (χ0v) is 22.6. The Balaban J connectivity index is 1.29. The number of nitrogens with one attached hydrogen (secondary N) is 2. The van der Waals surface area contributed by atoms with Crippen LogP contribution in [0.15, 0.2) is 40.9 Å². The maximum atomic E-state index is 13.4. The third kappa shape index (κ3) is 7.29. The van der Waals surface area contributed by atoms with Crippen LogP contribution >= 0.6 is 0 Å². The van der Waals surface area contributed by atoms with Crippen LogP contribution in [-0.2, 0) is 14.3 Å². The van der Waals surface area contributed by atoms with Crippen molar-refractivity contribution in [3.8, 4) is 5.88 Å². The third-order valence-corrected chi connectivity index (χ3v) is 6.21. The standard InChI is InChI=1S/C27H31F2N5O6/c1-26(2,3)40-24(36)27(15-37-4)11-9-18(10-12-27)38-21-8-6-17(14-30-21)31-22(35)23-33-34-25(39-23)32-16-5-7-19(28)20(29)13-16/h5-8,13-14,18H,9-12,15H2,1-4H3,(H,31,35)(H,32,34)/t18-,27-. The Morgan fingerprint density at radius 2 is 1.80 bits per heavy atom. The number of hydrogen-bond donors (Lipinski definition) is 2. The molecule has 2 aromatic heterocycles. The molecule has 1 aliphatic carbocycles. The lowest BCUT2D eigenvalue weighted by Crippen LogP contribution is -2.45. The lowest BCUT2D eigenvalue weighted by Gasteiger charge is -2.39. The van der Waals surface area contributed by atoms with Gasteiger partial charge in [-0.3, -0.25) is 9.59 Å². The Bertz CT molecular complexity index is 1330. The molecule has 214 valence electrons. The highest BCUT2D eigenvalue weighted by atomic mass is 19.2. The quantitative estimate of drug-likeness (QED) is 0.343. The van der Waals surface area contributed by atoms with E-state index in [0.29, 0.717) is 37.3 Å². The minimum absolute atomic E-state index is 0.140. The molecule has 1 fully saturated rings. The van der Waals surface area contributed by atoms with Gasteiger partial charge in [0, 0.05) is 24.9 Å². The van der Waals surface area contributed by atoms with Crippen molar-refractivity contribution in [2.24, 2.45) is 5.41 Å². The third-order valence-electron chi connectivity index (χ3n) is 6.21. The van der Waals surface area contributed by atoms with Crippen molar-refractivity contribution < 1.29 is 37.0 Å². The van der Waals surface area contributed by atoms with Gasteiger partial charge in [0.05, 0.1) is 23.9 Å². The molecule has 0 atom stereocenters. The van der Waals surface area contributed by atoms with Crippen LogP contribution in [0.3, 0.4) is 0 Å². The molecule has 0 spiro atoms. The summed E-state index contributed by atoms with van der Waals surface area (Å²) in [5.74, 6) is -2.97. The van der Waals surface area contributed by atoms with Crippen molar-refractivity contribution in [1.29, 1.82) is 0 Å². The summed E-state index contributed by atoms with van der Waals surface area (Å²) in [6, 6.07) is 6.18. The molecule has 0 saturated heterocycles. The predicted octanol–water partition coefficient (Wildman–Crippen LogP) is 5.03. The van der Waals surface area contributed by atoms with Crippen molar-refractivity contribution in [1.82, 2.24) is 15.2 Å². The van der Waals surface area contributed by atoms with Crippen LogP contribution in [0.2, 0.25) is 0 Å². The van der Waals surface area contributed by atoms with Gasteiger partial charge in [0.25, 0.3) is 0 Å². The number of pyridine rings is 1. The van der Waals surface area contributed by atoms with Gasteiger partial charge in [-0.1, -0.05) is 5.10 Å². The summed E-state index contributed by atoms with van der Waals surface area (Å²) in [5.41, 5.74) is -0.762. The number of esters is 1. The Kier molecular flexibility index (Phi) is 8.62. The van der Waals surface area contributed by atoms with E-state index in [1.165, 1.54) is 12.3 Å². The number of aromatic nitrogens is 3. The molecule has 0 unspecified atom stereocenters. The highest BCUT2D eigenvalue weighted by Gasteiger charge is 2.45. The number of nitrogens with zero attached hydrogens (tertiary/aromatic N) is 3. The maximum Gasteiger partial charge on any atom is 0.320 e. The lowest BCUT2D eigenvalue weighted by atomic mass is 9.73. The first-order chi connectivity index (χ1) is 19.0. The molecule has 1 amide bonds. The van der Waals surface area contributed by atoms with Crippen LogP contribution in [-0.4, -0.2) is 52.5 Å². The van der Waals surface area contributed by atoms with Crippen LogP contribution in [0, 0.1) is 17.0 Å². The monoisotopic (exact) mass is 559 g/mol. The van der Waals surface area contributed by atoms with Gasteiger partial charge in [-0.05, 0) is 64.7 Å². The second-order valence-corrected chi connectivity index (χ2v) is 10.5. The van der Waals surface area contributed by atoms with Crippen molar-refractivity contribution in [3.05, 3.63) is 54.1 Å². The van der Waals surface area contributed by atoms with Crippen molar-refractivity contribution in [2.45, 2.75) is 58.2 Å². The Morgan fingerprint density at radius 3 is 2.42 bits per heavy atom. The largest absolute Gasteiger partial charge is 0.474 e. The van der Waals surface area contributed by atoms with Crippen molar-refractivity contribution in [2.75, 3.05) is 24.4 Å². The van der Waals surface area contributed by atoms with Gasteiger partial charge in [-0.25, -0.2) is 13.8 Å². The molecular weight excluding hydrogens is 528 g/mol. The van der Waals surface area contributed by atoms with Gasteiger partial charge in [-0.2, -0.15) is 0 Å². The van der Waals surface area contributed by atoms with E-state index in [9.17, 15) is 18.4 Å². The van der Waals surface area contributed by atoms with Crippen LogP contribution in [0.5, 0.6) is 5.88 Å². The fourth-order valence-corrected chi connectivity index (χ4v) is 4.27. The van der Waals surface area contributed by atoms with Gasteiger partial charge >= 0.3 is 23.8 Å². The van der Waals surface area contributed by atoms with Gasteiger partial charge in [0.15, 0.2) is 11.6 Å². The van der Waals surface area contributed by atoms with E-state index in [-0.39, 0.29) is 36.3 Å². The van der Waals surface area contributed by atoms with Crippen molar-refractivity contribution in [3.63, 3.8) is 0 Å². The van der Waals surface area contributed by atoms with Gasteiger partial charge in [0.2, 0.25) is 5.88 Å². The molecule has 2 heterocycles. The molecule has 11 nitrogen and oxygen atoms in total. The number of ether oxygens (including phenoxy) is 3. The van der Waals surface area contributed by atoms with E-state index in [4.69, 9.17) is 18.6 Å². The minimum Gasteiger partial charge on any atom is -0.474 e. The Morgan fingerprint density at radius 1 is 1.07 bits per heavy atom. The van der Waals surface area contributed by atoms with Crippen LogP contribution in [0.25, 0.3) is 0 Å². The van der Waals surface area contributed by atoms with Gasteiger partial charge < -0.3 is 29.3 Å². The average Bonchev–Trinajstić information content (AvgIpc) is 3.36. The number of amides is 1. The van der Waals surface area contributed by atoms with E-state index < -0.39 is 28.6 Å². The van der Waals surface area contributed by atoms with E-state index in [2.05, 4.69) is 25.8 Å². The number of methoxy groups -OCH3 is 1. The number of anilines is 3. The molecule has 3 aromatic rings. The zero-order chi connectivity index (χ0) is 28.9. The molecule has 4 rings (SSSR count). The highest BCUT2D eigenvalue weighted by Crippen LogP contribution is 2.40. The van der Waals surface area contributed by atoms with E-state index in [1.807, 2.05) is 20.8 Å². The summed E-state index contributed by atoms with van der Waals surface area (Å²) >= 11 is 0. The lowest BCUT2D eigenvalue weighted by molar-refractivity contribution is -0.175. The van der Waals surface area contributed by atoms with Crippen LogP contribution in [0.4, 0.5) is 26.2 Å². The number of carbonyl (C=O) groups excluding carboxylic acids is 2. The first-order valence-corrected chi connectivity index (χ1v) is 12.7. The summed E-state index contributed by atoms with van der Waals surface area (Å²) in [5, 5.41) is 12.5. The first kappa shape index (κ1) is 28.9. The maximum absolute atomic E-state index is 13.4. The fraction of sp³-hybridized carbons (Fsp3) is 0.444. The predicted molar refractivity (Wildman–Crippen MR) is 139 cm³/mol. The Labute approximate surface area is 229 Å². The molecule has 1 aliphatic rings. The summed E-state index contributed by atoms with van der Waals surface area (Å²) in [4.78, 5) is 29.6. The van der Waals surface area contributed by atoms with Crippen LogP contribution < -0.4 is 15.4 Å². The second kappa shape index (κ2) is 11.9. The van der Waals surface area contributed by atoms with Gasteiger partial charge in [-0.15, -0.1) is 5.10 Å². The molecule has 13 heteroatoms. The molecule has 0 aliphatic heterocycles. The topological polar surface area (TPSA) is 138 Å². The number of halogens is 2. The molecule has 1 aromatic carbocycles. The van der Waals surface area contributed by atoms with Crippen LogP contribution in [0.1, 0.15) is 57.1 Å². The summed E-state index contributed by atoms with van der Waals surface area (Å²) < 4.78 is 48.7. The van der Waals surface area contributed by atoms with E-state index >= 15 is 0 Å². The molecule has 0 bridgehead atoms. The molecule has 2 N–H and O–H groups in total. The number of carbonyl (C=O) groups is 2. The summed E-state index contributed by atoms with van der Waals surface area (Å²) in [6.45, 7) is 5.80. The number of hydrogen-bond acceptors (Lipinski definition) is 10. The van der Waals surface area contributed by atoms with E-state index in [0.717, 1.165) is 12.1 Å². The first-order valence-electron chi connectivity index (χ1n) is 12.7. The minimum atomic E-state index is -1.05. The van der Waals surface area contributed by atoms with Crippen molar-refractivity contribution >= 4 is 29.3 Å². The normalized spacial score (nSPS) is 19.1. The fourth-order valence-electron chi connectivity index (χ4n) is 4.27. The average molecular weight is 560 g/mol. The SMILES string of the molecule is COC[C@]1(C(=O)OC(C)(C)C)CC[C@H](Oc2ccc(NC(=O)c3nnc(Nc4ccc(F)c(F)c4)o3)cn2)CC1. The molecular formula is C27H31F2N5O6. The summed E-state index contributed by atoms with van der Waals surface area (Å²) in [7, 11) is 1.57. The Hall–Kier alpha value is -4.13. The molecule has 0 radical (unpaired) electrons. The second-order valence-electron chi connectivity index (χ2n) is 10.5. The van der Waals surface area contributed by atoms with E-state index in [1.54, 1.807) is 19.2 Å². The molecule has 40 heavy (non-hydrogen) atoms. The van der Waals surface area contributed by atoms with Gasteiger partial charge in [0.1, 0.15) is 11.7 Å². The smallest absolute Gasteiger partial charge is 0.320 e. The number of rotatable bonds is 9. The molecule has 1 saturated carbocycles. The number of benzene rings is 1. The zero-order valence-electron chi connectivity index (χ0n) is 22.6. The summed E-state index contributed by atoms with van der Waals surface area (Å²) in [6.07, 6.45) is 3.65.